The van der Waals surface area contributed by atoms with E-state index >= 15 is 0 Å². The van der Waals surface area contributed by atoms with Crippen LogP contribution in [0.3, 0.4) is 0 Å². The largest absolute Gasteiger partial charge is 0.384 e. The van der Waals surface area contributed by atoms with E-state index in [1.54, 1.807) is 6.92 Å². The van der Waals surface area contributed by atoms with Gasteiger partial charge in [0.2, 0.25) is 11.8 Å². The summed E-state index contributed by atoms with van der Waals surface area (Å²) in [5.74, 6) is -1.45. The lowest BCUT2D eigenvalue weighted by Crippen LogP contribution is -2.55. The van der Waals surface area contributed by atoms with Crippen molar-refractivity contribution in [2.45, 2.75) is 31.7 Å². The van der Waals surface area contributed by atoms with E-state index in [0.717, 1.165) is 5.56 Å². The van der Waals surface area contributed by atoms with Crippen LogP contribution in [0, 0.1) is 11.7 Å². The number of fused-ring (bicyclic) bond motifs is 1. The second-order valence-corrected chi connectivity index (χ2v) is 8.19. The summed E-state index contributed by atoms with van der Waals surface area (Å²) < 4.78 is 14.4. The number of primary amides is 1. The summed E-state index contributed by atoms with van der Waals surface area (Å²) in [5.41, 5.74) is 7.54. The zero-order valence-corrected chi connectivity index (χ0v) is 17.2. The molecule has 7 heteroatoms. The summed E-state index contributed by atoms with van der Waals surface area (Å²) in [6.45, 7) is 5.25. The molecular formula is C23H27FN4O2. The molecule has 4 rings (SSSR count). The van der Waals surface area contributed by atoms with E-state index in [-0.39, 0.29) is 17.7 Å². The lowest BCUT2D eigenvalue weighted by molar-refractivity contribution is -0.133. The number of carbonyl (C=O) groups is 2. The van der Waals surface area contributed by atoms with Gasteiger partial charge in [-0.3, -0.25) is 14.5 Å². The molecule has 158 valence electrons. The molecule has 2 heterocycles. The van der Waals surface area contributed by atoms with Gasteiger partial charge >= 0.3 is 0 Å². The predicted octanol–water partition coefficient (Wildman–Crippen LogP) is 3.02. The van der Waals surface area contributed by atoms with Crippen molar-refractivity contribution < 1.29 is 14.0 Å². The zero-order chi connectivity index (χ0) is 21.5. The second kappa shape index (κ2) is 7.72. The lowest BCUT2D eigenvalue weighted by atomic mass is 9.77. The van der Waals surface area contributed by atoms with Gasteiger partial charge in [-0.05, 0) is 43.9 Å². The molecule has 0 aromatic heterocycles. The monoisotopic (exact) mass is 410 g/mol. The van der Waals surface area contributed by atoms with E-state index in [2.05, 4.69) is 10.6 Å². The molecule has 30 heavy (non-hydrogen) atoms. The molecule has 2 aromatic rings. The first-order valence-electron chi connectivity index (χ1n) is 10.3. The Morgan fingerprint density at radius 1 is 1.33 bits per heavy atom. The van der Waals surface area contributed by atoms with E-state index in [0.29, 0.717) is 43.0 Å². The Kier molecular flexibility index (Phi) is 5.24. The fraction of sp³-hybridized carbons (Fsp3) is 0.391. The van der Waals surface area contributed by atoms with Gasteiger partial charge in [-0.15, -0.1) is 0 Å². The van der Waals surface area contributed by atoms with Crippen LogP contribution >= 0.6 is 0 Å². The van der Waals surface area contributed by atoms with Gasteiger partial charge in [0.1, 0.15) is 11.4 Å². The molecule has 2 aliphatic heterocycles. The van der Waals surface area contributed by atoms with Gasteiger partial charge in [-0.25, -0.2) is 4.39 Å². The van der Waals surface area contributed by atoms with E-state index in [1.165, 1.54) is 12.1 Å². The second-order valence-electron chi connectivity index (χ2n) is 8.19. The first kappa shape index (κ1) is 20.3. The fourth-order valence-corrected chi connectivity index (χ4v) is 4.87. The number of amides is 2. The van der Waals surface area contributed by atoms with Crippen LogP contribution in [-0.2, 0) is 15.1 Å². The minimum absolute atomic E-state index is 0.00249. The van der Waals surface area contributed by atoms with Crippen LogP contribution in [-0.4, -0.2) is 36.3 Å². The van der Waals surface area contributed by atoms with E-state index < -0.39 is 17.3 Å². The highest BCUT2D eigenvalue weighted by molar-refractivity contribution is 6.08. The minimum atomic E-state index is -1.07. The van der Waals surface area contributed by atoms with Gasteiger partial charge < -0.3 is 16.4 Å². The van der Waals surface area contributed by atoms with Crippen LogP contribution in [0.4, 0.5) is 15.8 Å². The number of nitrogens with one attached hydrogen (secondary N) is 2. The number of hydrogen-bond acceptors (Lipinski definition) is 4. The molecule has 0 spiro atoms. The predicted molar refractivity (Wildman–Crippen MR) is 115 cm³/mol. The van der Waals surface area contributed by atoms with Crippen molar-refractivity contribution in [1.82, 2.24) is 4.90 Å². The third-order valence-corrected chi connectivity index (χ3v) is 6.51. The van der Waals surface area contributed by atoms with Crippen molar-refractivity contribution in [2.24, 2.45) is 11.7 Å². The number of rotatable bonds is 5. The normalized spacial score (nSPS) is 26.2. The maximum absolute atomic E-state index is 14.4. The molecule has 1 saturated heterocycles. The highest BCUT2D eigenvalue weighted by Gasteiger charge is 2.51. The number of nitrogens with two attached hydrogens (primary N) is 1. The highest BCUT2D eigenvalue weighted by Crippen LogP contribution is 2.47. The molecule has 0 unspecified atom stereocenters. The number of halogens is 1. The van der Waals surface area contributed by atoms with Crippen molar-refractivity contribution in [3.8, 4) is 0 Å². The Balaban J connectivity index is 1.70. The van der Waals surface area contributed by atoms with Gasteiger partial charge in [0.15, 0.2) is 0 Å². The highest BCUT2D eigenvalue weighted by atomic mass is 19.1. The number of benzene rings is 2. The van der Waals surface area contributed by atoms with Gasteiger partial charge in [0.05, 0.1) is 17.3 Å². The van der Waals surface area contributed by atoms with Crippen molar-refractivity contribution in [3.63, 3.8) is 0 Å². The number of hydrogen-bond donors (Lipinski definition) is 3. The molecule has 3 atom stereocenters. The molecule has 4 N–H and O–H groups in total. The third kappa shape index (κ3) is 3.23. The number of piperidine rings is 1. The molecule has 2 aromatic carbocycles. The number of anilines is 2. The summed E-state index contributed by atoms with van der Waals surface area (Å²) >= 11 is 0. The van der Waals surface area contributed by atoms with Crippen molar-refractivity contribution in [1.29, 1.82) is 0 Å². The van der Waals surface area contributed by atoms with Crippen LogP contribution in [0.2, 0.25) is 0 Å². The third-order valence-electron chi connectivity index (χ3n) is 6.51. The molecule has 2 amide bonds. The van der Waals surface area contributed by atoms with E-state index in [9.17, 15) is 14.0 Å². The molecule has 0 saturated carbocycles. The Labute approximate surface area is 175 Å². The summed E-state index contributed by atoms with van der Waals surface area (Å²) in [6, 6.07) is 12.7. The molecule has 0 radical (unpaired) electrons. The summed E-state index contributed by atoms with van der Waals surface area (Å²) in [4.78, 5) is 27.4. The minimum Gasteiger partial charge on any atom is -0.384 e. The number of nitrogens with zero attached hydrogens (tertiary/aromatic N) is 1. The molecule has 0 aliphatic carbocycles. The Bertz CT molecular complexity index is 981. The topological polar surface area (TPSA) is 87.5 Å². The van der Waals surface area contributed by atoms with Crippen molar-refractivity contribution >= 4 is 23.2 Å². The smallest absolute Gasteiger partial charge is 0.249 e. The van der Waals surface area contributed by atoms with Crippen molar-refractivity contribution in [2.75, 3.05) is 30.3 Å². The number of likely N-dealkylation sites (tertiary alicyclic amines) is 1. The van der Waals surface area contributed by atoms with Crippen LogP contribution < -0.4 is 16.4 Å². The molecule has 1 fully saturated rings. The first-order chi connectivity index (χ1) is 14.4. The zero-order valence-electron chi connectivity index (χ0n) is 17.2. The Hall–Kier alpha value is -2.93. The molecular weight excluding hydrogens is 383 g/mol. The SMILES string of the molecule is CCNc1cc(F)cc2c1NC(=O)[C@@]2(C)N1CC[C@@H](c2ccccc2)[C@@H](C(N)=O)C1. The van der Waals surface area contributed by atoms with Crippen molar-refractivity contribution in [3.05, 3.63) is 59.4 Å². The average molecular weight is 410 g/mol. The van der Waals surface area contributed by atoms with Gasteiger partial charge in [0.25, 0.3) is 0 Å². The van der Waals surface area contributed by atoms with Crippen LogP contribution in [0.1, 0.15) is 37.3 Å². The summed E-state index contributed by atoms with van der Waals surface area (Å²) in [5, 5.41) is 6.05. The Morgan fingerprint density at radius 2 is 2.07 bits per heavy atom. The van der Waals surface area contributed by atoms with Crippen LogP contribution in [0.15, 0.2) is 42.5 Å². The maximum atomic E-state index is 14.4. The van der Waals surface area contributed by atoms with Gasteiger partial charge in [-0.1, -0.05) is 30.3 Å². The standard InChI is InChI=1S/C23H27FN4O2/c1-3-26-19-12-15(24)11-18-20(19)27-22(30)23(18,2)28-10-9-16(17(13-28)21(25)29)14-7-5-4-6-8-14/h4-8,11-12,16-17,26H,3,9-10,13H2,1-2H3,(H2,25,29)(H,27,30)/t16-,17-,23-/m0/s1. The van der Waals surface area contributed by atoms with Crippen LogP contribution in [0.5, 0.6) is 0 Å². The van der Waals surface area contributed by atoms with E-state index in [4.69, 9.17) is 5.73 Å². The van der Waals surface area contributed by atoms with Gasteiger partial charge in [0, 0.05) is 25.2 Å². The quantitative estimate of drug-likeness (QED) is 0.707. The average Bonchev–Trinajstić information content (AvgIpc) is 3.00. The molecule has 6 nitrogen and oxygen atoms in total. The number of carbonyl (C=O) groups excluding carboxylic acids is 2. The Morgan fingerprint density at radius 3 is 2.73 bits per heavy atom. The van der Waals surface area contributed by atoms with Gasteiger partial charge in [-0.2, -0.15) is 0 Å². The van der Waals surface area contributed by atoms with E-state index in [1.807, 2.05) is 42.2 Å². The molecule has 0 bridgehead atoms. The van der Waals surface area contributed by atoms with Crippen LogP contribution in [0.25, 0.3) is 0 Å². The maximum Gasteiger partial charge on any atom is 0.249 e. The first-order valence-corrected chi connectivity index (χ1v) is 10.3. The molecule has 2 aliphatic rings. The summed E-state index contributed by atoms with van der Waals surface area (Å²) in [7, 11) is 0. The summed E-state index contributed by atoms with van der Waals surface area (Å²) in [6.07, 6.45) is 0.686. The fourth-order valence-electron chi connectivity index (χ4n) is 4.87. The lowest BCUT2D eigenvalue weighted by Gasteiger charge is -2.44.